The van der Waals surface area contributed by atoms with Gasteiger partial charge in [-0.1, -0.05) is 40.0 Å². The van der Waals surface area contributed by atoms with Crippen molar-refractivity contribution in [2.75, 3.05) is 14.2 Å². The maximum absolute atomic E-state index is 5.99. The van der Waals surface area contributed by atoms with E-state index in [9.17, 15) is 0 Å². The van der Waals surface area contributed by atoms with Gasteiger partial charge in [-0.05, 0) is 38.1 Å². The summed E-state index contributed by atoms with van der Waals surface area (Å²) in [6.07, 6.45) is 7.60. The zero-order valence-electron chi connectivity index (χ0n) is 12.4. The third-order valence-electron chi connectivity index (χ3n) is 4.72. The summed E-state index contributed by atoms with van der Waals surface area (Å²) in [7, 11) is 3.99. The Kier molecular flexibility index (Phi) is 5.94. The molecular formula is C15H31NO. The number of hydrogen-bond donors (Lipinski definition) is 1. The average molecular weight is 241 g/mol. The number of ether oxygens (including phenoxy) is 1. The van der Waals surface area contributed by atoms with Crippen LogP contribution in [0.1, 0.15) is 59.3 Å². The van der Waals surface area contributed by atoms with Gasteiger partial charge in [0.1, 0.15) is 0 Å². The third kappa shape index (κ3) is 3.69. The van der Waals surface area contributed by atoms with E-state index >= 15 is 0 Å². The highest BCUT2D eigenvalue weighted by molar-refractivity contribution is 4.96. The highest BCUT2D eigenvalue weighted by Crippen LogP contribution is 2.39. The van der Waals surface area contributed by atoms with E-state index in [1.165, 1.54) is 38.5 Å². The van der Waals surface area contributed by atoms with Gasteiger partial charge in [-0.3, -0.25) is 0 Å². The van der Waals surface area contributed by atoms with Gasteiger partial charge in [0.25, 0.3) is 0 Å². The van der Waals surface area contributed by atoms with Crippen LogP contribution in [0.15, 0.2) is 0 Å². The van der Waals surface area contributed by atoms with Crippen molar-refractivity contribution in [3.63, 3.8) is 0 Å². The maximum Gasteiger partial charge on any atom is 0.0833 e. The molecule has 1 aliphatic carbocycles. The molecule has 1 fully saturated rings. The number of rotatable bonds is 6. The second-order valence-electron chi connectivity index (χ2n) is 6.06. The van der Waals surface area contributed by atoms with Gasteiger partial charge in [0.2, 0.25) is 0 Å². The molecule has 17 heavy (non-hydrogen) atoms. The van der Waals surface area contributed by atoms with Crippen molar-refractivity contribution in [3.8, 4) is 0 Å². The fraction of sp³-hybridized carbons (Fsp3) is 1.00. The zero-order chi connectivity index (χ0) is 12.9. The summed E-state index contributed by atoms with van der Waals surface area (Å²) in [5, 5.41) is 3.52. The lowest BCUT2D eigenvalue weighted by atomic mass is 9.72. The van der Waals surface area contributed by atoms with Gasteiger partial charge >= 0.3 is 0 Å². The van der Waals surface area contributed by atoms with Crippen LogP contribution in [0.3, 0.4) is 0 Å². The van der Waals surface area contributed by atoms with Crippen molar-refractivity contribution in [1.82, 2.24) is 5.32 Å². The summed E-state index contributed by atoms with van der Waals surface area (Å²) in [5.41, 5.74) is 0.0792. The van der Waals surface area contributed by atoms with Crippen LogP contribution in [0.4, 0.5) is 0 Å². The average Bonchev–Trinajstić information content (AvgIpc) is 2.35. The van der Waals surface area contributed by atoms with Crippen LogP contribution in [-0.2, 0) is 4.74 Å². The Morgan fingerprint density at radius 1 is 1.47 bits per heavy atom. The lowest BCUT2D eigenvalue weighted by Gasteiger charge is -2.45. The first-order valence-electron chi connectivity index (χ1n) is 7.30. The van der Waals surface area contributed by atoms with Gasteiger partial charge in [-0.15, -0.1) is 0 Å². The van der Waals surface area contributed by atoms with Crippen molar-refractivity contribution in [2.45, 2.75) is 70.9 Å². The standard InChI is InChI=1S/C15H31NO/c1-6-12(2)10-14(16-4)15(17-5)9-7-8-13(3)11-15/h12-14,16H,6-11H2,1-5H3. The molecule has 1 rings (SSSR count). The Labute approximate surface area is 108 Å². The Hall–Kier alpha value is -0.0800. The largest absolute Gasteiger partial charge is 0.377 e. The molecule has 1 saturated carbocycles. The summed E-state index contributed by atoms with van der Waals surface area (Å²) < 4.78 is 5.99. The van der Waals surface area contributed by atoms with E-state index in [1.807, 2.05) is 7.11 Å². The van der Waals surface area contributed by atoms with Gasteiger partial charge in [0, 0.05) is 13.2 Å². The topological polar surface area (TPSA) is 21.3 Å². The summed E-state index contributed by atoms with van der Waals surface area (Å²) >= 11 is 0. The molecule has 2 nitrogen and oxygen atoms in total. The van der Waals surface area contributed by atoms with Gasteiger partial charge in [0.05, 0.1) is 5.60 Å². The van der Waals surface area contributed by atoms with Gasteiger partial charge in [-0.25, -0.2) is 0 Å². The van der Waals surface area contributed by atoms with E-state index < -0.39 is 0 Å². The van der Waals surface area contributed by atoms with Crippen LogP contribution >= 0.6 is 0 Å². The Morgan fingerprint density at radius 2 is 2.18 bits per heavy atom. The molecule has 1 N–H and O–H groups in total. The molecule has 0 spiro atoms. The van der Waals surface area contributed by atoms with Crippen LogP contribution in [0.5, 0.6) is 0 Å². The predicted octanol–water partition coefficient (Wildman–Crippen LogP) is 3.61. The quantitative estimate of drug-likeness (QED) is 0.767. The summed E-state index contributed by atoms with van der Waals surface area (Å²) in [6.45, 7) is 6.99. The molecule has 102 valence electrons. The van der Waals surface area contributed by atoms with Crippen LogP contribution < -0.4 is 5.32 Å². The molecular weight excluding hydrogens is 210 g/mol. The maximum atomic E-state index is 5.99. The molecule has 0 aliphatic heterocycles. The first kappa shape index (κ1) is 15.0. The molecule has 0 bridgehead atoms. The molecule has 0 aromatic rings. The molecule has 0 heterocycles. The Morgan fingerprint density at radius 3 is 2.65 bits per heavy atom. The van der Waals surface area contributed by atoms with Gasteiger partial charge in [-0.2, -0.15) is 0 Å². The van der Waals surface area contributed by atoms with Gasteiger partial charge in [0.15, 0.2) is 0 Å². The van der Waals surface area contributed by atoms with Crippen molar-refractivity contribution >= 4 is 0 Å². The molecule has 0 saturated heterocycles. The van der Waals surface area contributed by atoms with Crippen LogP contribution in [-0.4, -0.2) is 25.8 Å². The fourth-order valence-electron chi connectivity index (χ4n) is 3.35. The van der Waals surface area contributed by atoms with E-state index in [-0.39, 0.29) is 5.60 Å². The smallest absolute Gasteiger partial charge is 0.0833 e. The summed E-state index contributed by atoms with van der Waals surface area (Å²) in [4.78, 5) is 0. The highest BCUT2D eigenvalue weighted by atomic mass is 16.5. The SMILES string of the molecule is CCC(C)CC(NC)C1(OC)CCCC(C)C1. The first-order valence-corrected chi connectivity index (χ1v) is 7.30. The lowest BCUT2D eigenvalue weighted by molar-refractivity contribution is -0.0820. The molecule has 4 unspecified atom stereocenters. The van der Waals surface area contributed by atoms with Crippen LogP contribution in [0.2, 0.25) is 0 Å². The van der Waals surface area contributed by atoms with Crippen molar-refractivity contribution in [2.24, 2.45) is 11.8 Å². The minimum Gasteiger partial charge on any atom is -0.377 e. The highest BCUT2D eigenvalue weighted by Gasteiger charge is 2.41. The minimum absolute atomic E-state index is 0.0792. The number of nitrogens with one attached hydrogen (secondary N) is 1. The van der Waals surface area contributed by atoms with E-state index in [2.05, 4.69) is 33.1 Å². The minimum atomic E-state index is 0.0792. The first-order chi connectivity index (χ1) is 8.07. The Bertz CT molecular complexity index is 219. The predicted molar refractivity (Wildman–Crippen MR) is 74.3 cm³/mol. The van der Waals surface area contributed by atoms with Crippen molar-refractivity contribution < 1.29 is 4.74 Å². The molecule has 0 aromatic heterocycles. The van der Waals surface area contributed by atoms with Crippen LogP contribution in [0, 0.1) is 11.8 Å². The van der Waals surface area contributed by atoms with E-state index in [1.54, 1.807) is 0 Å². The monoisotopic (exact) mass is 241 g/mol. The molecule has 4 atom stereocenters. The number of hydrogen-bond acceptors (Lipinski definition) is 2. The lowest BCUT2D eigenvalue weighted by Crippen LogP contribution is -2.54. The van der Waals surface area contributed by atoms with Crippen molar-refractivity contribution in [3.05, 3.63) is 0 Å². The van der Waals surface area contributed by atoms with E-state index in [0.29, 0.717) is 6.04 Å². The molecule has 1 aliphatic rings. The molecule has 0 aromatic carbocycles. The zero-order valence-corrected chi connectivity index (χ0v) is 12.4. The van der Waals surface area contributed by atoms with E-state index in [0.717, 1.165) is 11.8 Å². The fourth-order valence-corrected chi connectivity index (χ4v) is 3.35. The summed E-state index contributed by atoms with van der Waals surface area (Å²) in [6, 6.07) is 0.505. The normalized spacial score (nSPS) is 33.4. The molecule has 2 heteroatoms. The van der Waals surface area contributed by atoms with Crippen molar-refractivity contribution in [1.29, 1.82) is 0 Å². The summed E-state index contributed by atoms with van der Waals surface area (Å²) in [5.74, 6) is 1.58. The third-order valence-corrected chi connectivity index (χ3v) is 4.72. The van der Waals surface area contributed by atoms with E-state index in [4.69, 9.17) is 4.74 Å². The second kappa shape index (κ2) is 6.75. The molecule has 0 radical (unpaired) electrons. The van der Waals surface area contributed by atoms with Crippen LogP contribution in [0.25, 0.3) is 0 Å². The second-order valence-corrected chi connectivity index (χ2v) is 6.06. The Balaban J connectivity index is 2.73. The number of methoxy groups -OCH3 is 1. The van der Waals surface area contributed by atoms with Gasteiger partial charge < -0.3 is 10.1 Å². The molecule has 0 amide bonds. The number of likely N-dealkylation sites (N-methyl/N-ethyl adjacent to an activating group) is 1.